The van der Waals surface area contributed by atoms with E-state index in [1.54, 1.807) is 6.08 Å². The van der Waals surface area contributed by atoms with Gasteiger partial charge in [0.1, 0.15) is 0 Å². The molecule has 0 atom stereocenters. The monoisotopic (exact) mass is 183 g/mol. The smallest absolute Gasteiger partial charge is 0.157 e. The molecule has 3 heteroatoms. The maximum Gasteiger partial charge on any atom is 0.157 e. The van der Waals surface area contributed by atoms with E-state index in [0.29, 0.717) is 6.42 Å². The Bertz CT molecular complexity index is 199. The minimum Gasteiger partial charge on any atom is -0.396 e. The second-order valence-electron chi connectivity index (χ2n) is 3.35. The lowest BCUT2D eigenvalue weighted by molar-refractivity contribution is -0.114. The molecule has 0 heterocycles. The summed E-state index contributed by atoms with van der Waals surface area (Å²) in [6.07, 6.45) is 6.22. The molecule has 0 radical (unpaired) electrons. The molecule has 1 rings (SSSR count). The summed E-state index contributed by atoms with van der Waals surface area (Å²) in [5.74, 6) is 0.234. The molecular formula is C10H17NO2. The largest absolute Gasteiger partial charge is 0.396 e. The summed E-state index contributed by atoms with van der Waals surface area (Å²) in [5, 5.41) is 11.8. The summed E-state index contributed by atoms with van der Waals surface area (Å²) in [4.78, 5) is 10.8. The van der Waals surface area contributed by atoms with E-state index < -0.39 is 0 Å². The summed E-state index contributed by atoms with van der Waals surface area (Å²) in [5.41, 5.74) is 1.08. The third-order valence-electron chi connectivity index (χ3n) is 2.16. The van der Waals surface area contributed by atoms with Gasteiger partial charge in [-0.1, -0.05) is 0 Å². The van der Waals surface area contributed by atoms with Gasteiger partial charge in [0.05, 0.1) is 0 Å². The summed E-state index contributed by atoms with van der Waals surface area (Å²) in [7, 11) is 0. The molecule has 0 fully saturated rings. The van der Waals surface area contributed by atoms with Crippen LogP contribution < -0.4 is 5.32 Å². The lowest BCUT2D eigenvalue weighted by Gasteiger charge is -2.05. The van der Waals surface area contributed by atoms with Crippen LogP contribution in [0.1, 0.15) is 32.1 Å². The number of carbonyl (C=O) groups excluding carboxylic acids is 1. The normalized spacial score (nSPS) is 16.1. The van der Waals surface area contributed by atoms with Crippen LogP contribution in [0, 0.1) is 0 Å². The first-order valence-corrected chi connectivity index (χ1v) is 4.91. The first-order valence-electron chi connectivity index (χ1n) is 4.91. The molecule has 0 aromatic carbocycles. The van der Waals surface area contributed by atoms with Gasteiger partial charge in [-0.3, -0.25) is 4.79 Å². The summed E-state index contributed by atoms with van der Waals surface area (Å²) < 4.78 is 0. The SMILES string of the molecule is O=C1C=C(NCCCCCO)CC1. The average Bonchev–Trinajstić information content (AvgIpc) is 2.51. The van der Waals surface area contributed by atoms with Gasteiger partial charge in [0.25, 0.3) is 0 Å². The minimum atomic E-state index is 0.234. The van der Waals surface area contributed by atoms with Crippen LogP contribution in [0.15, 0.2) is 11.8 Å². The van der Waals surface area contributed by atoms with Gasteiger partial charge in [-0.25, -0.2) is 0 Å². The van der Waals surface area contributed by atoms with Crippen molar-refractivity contribution >= 4 is 5.78 Å². The quantitative estimate of drug-likeness (QED) is 0.604. The van der Waals surface area contributed by atoms with Gasteiger partial charge in [0.15, 0.2) is 5.78 Å². The standard InChI is InChI=1S/C10H17NO2/c12-7-3-1-2-6-11-9-4-5-10(13)8-9/h8,11-12H,1-7H2. The Balaban J connectivity index is 2.00. The average molecular weight is 183 g/mol. The van der Waals surface area contributed by atoms with Crippen molar-refractivity contribution in [3.63, 3.8) is 0 Å². The third-order valence-corrected chi connectivity index (χ3v) is 2.16. The highest BCUT2D eigenvalue weighted by Gasteiger charge is 2.10. The molecule has 0 aromatic rings. The molecule has 74 valence electrons. The zero-order valence-corrected chi connectivity index (χ0v) is 7.88. The zero-order valence-electron chi connectivity index (χ0n) is 7.88. The van der Waals surface area contributed by atoms with E-state index in [9.17, 15) is 4.79 Å². The van der Waals surface area contributed by atoms with Crippen LogP contribution in [0.4, 0.5) is 0 Å². The van der Waals surface area contributed by atoms with Gasteiger partial charge in [0, 0.05) is 31.3 Å². The maximum atomic E-state index is 10.8. The number of hydrogen-bond donors (Lipinski definition) is 2. The maximum absolute atomic E-state index is 10.8. The van der Waals surface area contributed by atoms with Gasteiger partial charge in [-0.2, -0.15) is 0 Å². The molecule has 0 bridgehead atoms. The number of rotatable bonds is 6. The van der Waals surface area contributed by atoms with Crippen molar-refractivity contribution in [2.75, 3.05) is 13.2 Å². The van der Waals surface area contributed by atoms with Crippen LogP contribution >= 0.6 is 0 Å². The van der Waals surface area contributed by atoms with E-state index in [-0.39, 0.29) is 12.4 Å². The van der Waals surface area contributed by atoms with Crippen molar-refractivity contribution in [2.24, 2.45) is 0 Å². The highest BCUT2D eigenvalue weighted by molar-refractivity contribution is 5.92. The van der Waals surface area contributed by atoms with Gasteiger partial charge < -0.3 is 10.4 Å². The van der Waals surface area contributed by atoms with Crippen LogP contribution in [0.2, 0.25) is 0 Å². The predicted molar refractivity (Wildman–Crippen MR) is 51.3 cm³/mol. The highest BCUT2D eigenvalue weighted by atomic mass is 16.2. The van der Waals surface area contributed by atoms with Crippen molar-refractivity contribution in [1.29, 1.82) is 0 Å². The molecule has 0 saturated heterocycles. The van der Waals surface area contributed by atoms with Crippen molar-refractivity contribution in [3.05, 3.63) is 11.8 Å². The number of allylic oxidation sites excluding steroid dienone is 2. The number of nitrogens with one attached hydrogen (secondary N) is 1. The highest BCUT2D eigenvalue weighted by Crippen LogP contribution is 2.11. The number of carbonyl (C=O) groups is 1. The number of hydrogen-bond acceptors (Lipinski definition) is 3. The molecule has 0 spiro atoms. The molecule has 2 N–H and O–H groups in total. The molecular weight excluding hydrogens is 166 g/mol. The summed E-state index contributed by atoms with van der Waals surface area (Å²) in [6, 6.07) is 0. The lowest BCUT2D eigenvalue weighted by atomic mass is 10.2. The molecule has 1 aliphatic rings. The zero-order chi connectivity index (χ0) is 9.52. The number of ketones is 1. The Morgan fingerprint density at radius 2 is 2.15 bits per heavy atom. The molecule has 0 saturated carbocycles. The van der Waals surface area contributed by atoms with Crippen LogP contribution in [0.25, 0.3) is 0 Å². The van der Waals surface area contributed by atoms with Gasteiger partial charge >= 0.3 is 0 Å². The summed E-state index contributed by atoms with van der Waals surface area (Å²) >= 11 is 0. The van der Waals surface area contributed by atoms with E-state index in [2.05, 4.69) is 5.32 Å². The van der Waals surface area contributed by atoms with E-state index in [4.69, 9.17) is 5.11 Å². The van der Waals surface area contributed by atoms with E-state index in [1.807, 2.05) is 0 Å². The number of aliphatic hydroxyl groups excluding tert-OH is 1. The molecule has 0 aromatic heterocycles. The third kappa shape index (κ3) is 4.08. The van der Waals surface area contributed by atoms with Gasteiger partial charge in [-0.15, -0.1) is 0 Å². The summed E-state index contributed by atoms with van der Waals surface area (Å²) in [6.45, 7) is 1.19. The Morgan fingerprint density at radius 1 is 1.31 bits per heavy atom. The first-order chi connectivity index (χ1) is 6.33. The fraction of sp³-hybridized carbons (Fsp3) is 0.700. The molecule has 1 aliphatic carbocycles. The van der Waals surface area contributed by atoms with Crippen molar-refractivity contribution < 1.29 is 9.90 Å². The molecule has 0 amide bonds. The van der Waals surface area contributed by atoms with Crippen molar-refractivity contribution in [2.45, 2.75) is 32.1 Å². The van der Waals surface area contributed by atoms with E-state index in [1.165, 1.54) is 0 Å². The first kappa shape index (κ1) is 10.3. The molecule has 0 unspecified atom stereocenters. The molecule has 3 nitrogen and oxygen atoms in total. The minimum absolute atomic E-state index is 0.234. The van der Waals surface area contributed by atoms with Crippen LogP contribution in [-0.2, 0) is 4.79 Å². The Labute approximate surface area is 78.8 Å². The van der Waals surface area contributed by atoms with E-state index in [0.717, 1.165) is 37.9 Å². The Hall–Kier alpha value is -0.830. The topological polar surface area (TPSA) is 49.3 Å². The molecule has 13 heavy (non-hydrogen) atoms. The Morgan fingerprint density at radius 3 is 2.77 bits per heavy atom. The van der Waals surface area contributed by atoms with Gasteiger partial charge in [-0.05, 0) is 25.7 Å². The second-order valence-corrected chi connectivity index (χ2v) is 3.35. The van der Waals surface area contributed by atoms with Crippen LogP contribution in [0.3, 0.4) is 0 Å². The Kier molecular flexibility index (Phi) is 4.54. The molecule has 0 aliphatic heterocycles. The predicted octanol–water partition coefficient (Wildman–Crippen LogP) is 0.985. The fourth-order valence-corrected chi connectivity index (χ4v) is 1.40. The number of unbranched alkanes of at least 4 members (excludes halogenated alkanes) is 2. The van der Waals surface area contributed by atoms with Gasteiger partial charge in [0.2, 0.25) is 0 Å². The second kappa shape index (κ2) is 5.75. The van der Waals surface area contributed by atoms with Crippen molar-refractivity contribution in [3.8, 4) is 0 Å². The van der Waals surface area contributed by atoms with Crippen molar-refractivity contribution in [1.82, 2.24) is 5.32 Å². The lowest BCUT2D eigenvalue weighted by Crippen LogP contribution is -2.13. The van der Waals surface area contributed by atoms with E-state index >= 15 is 0 Å². The number of aliphatic hydroxyl groups is 1. The fourth-order valence-electron chi connectivity index (χ4n) is 1.40. The van der Waals surface area contributed by atoms with Crippen LogP contribution in [-0.4, -0.2) is 24.0 Å². The van der Waals surface area contributed by atoms with Crippen LogP contribution in [0.5, 0.6) is 0 Å².